The van der Waals surface area contributed by atoms with Crippen molar-refractivity contribution in [3.63, 3.8) is 0 Å². The lowest BCUT2D eigenvalue weighted by Gasteiger charge is -2.11. The van der Waals surface area contributed by atoms with E-state index in [0.29, 0.717) is 47.8 Å². The van der Waals surface area contributed by atoms with Crippen molar-refractivity contribution in [3.8, 4) is 0 Å². The molecule has 168 valence electrons. The molecule has 0 saturated heterocycles. The normalized spacial score (nSPS) is 14.9. The minimum atomic E-state index is -0.205. The van der Waals surface area contributed by atoms with Crippen molar-refractivity contribution in [1.29, 1.82) is 0 Å². The molecule has 4 nitrogen and oxygen atoms in total. The van der Waals surface area contributed by atoms with Crippen LogP contribution in [0.4, 0.5) is 0 Å². The lowest BCUT2D eigenvalue weighted by molar-refractivity contribution is -0.108. The quantitative estimate of drug-likeness (QED) is 0.339. The van der Waals surface area contributed by atoms with Gasteiger partial charge in [0.1, 0.15) is 0 Å². The molecule has 0 fully saturated rings. The molecule has 0 aliphatic carbocycles. The van der Waals surface area contributed by atoms with Gasteiger partial charge in [-0.2, -0.15) is 0 Å². The van der Waals surface area contributed by atoms with Crippen LogP contribution in [0.25, 0.3) is 11.1 Å². The number of aromatic nitrogens is 2. The summed E-state index contributed by atoms with van der Waals surface area (Å²) >= 11 is 26.3. The first-order valence-electron chi connectivity index (χ1n) is 10.2. The van der Waals surface area contributed by atoms with E-state index in [1.54, 1.807) is 36.4 Å². The van der Waals surface area contributed by atoms with Crippen LogP contribution in [-0.2, 0) is 4.79 Å². The van der Waals surface area contributed by atoms with Gasteiger partial charge in [-0.3, -0.25) is 9.79 Å². The van der Waals surface area contributed by atoms with Crippen LogP contribution in [-0.4, -0.2) is 22.0 Å². The van der Waals surface area contributed by atoms with Crippen LogP contribution in [0, 0.1) is 0 Å². The van der Waals surface area contributed by atoms with Crippen LogP contribution in [0.1, 0.15) is 16.8 Å². The second kappa shape index (κ2) is 9.32. The summed E-state index contributed by atoms with van der Waals surface area (Å²) in [5.41, 5.74) is 3.96. The van der Waals surface area contributed by atoms with Gasteiger partial charge < -0.3 is 9.97 Å². The molecule has 0 radical (unpaired) electrons. The number of hydrogen-bond acceptors (Lipinski definition) is 2. The molecule has 0 unspecified atom stereocenters. The van der Waals surface area contributed by atoms with E-state index >= 15 is 0 Å². The molecule has 0 saturated carbocycles. The Morgan fingerprint density at radius 1 is 0.706 bits per heavy atom. The zero-order valence-corrected chi connectivity index (χ0v) is 20.4. The highest BCUT2D eigenvalue weighted by Crippen LogP contribution is 2.35. The predicted molar refractivity (Wildman–Crippen MR) is 139 cm³/mol. The fourth-order valence-electron chi connectivity index (χ4n) is 3.94. The minimum Gasteiger partial charge on any atom is -0.361 e. The van der Waals surface area contributed by atoms with E-state index in [1.807, 2.05) is 30.5 Å². The zero-order chi connectivity index (χ0) is 23.8. The third-order valence-corrected chi connectivity index (χ3v) is 6.64. The van der Waals surface area contributed by atoms with Gasteiger partial charge >= 0.3 is 0 Å². The summed E-state index contributed by atoms with van der Waals surface area (Å²) in [5, 5.41) is 3.34. The van der Waals surface area contributed by atoms with Crippen molar-refractivity contribution in [3.05, 3.63) is 126 Å². The molecule has 4 aromatic rings. The van der Waals surface area contributed by atoms with E-state index < -0.39 is 0 Å². The van der Waals surface area contributed by atoms with Gasteiger partial charge in [-0.25, -0.2) is 0 Å². The monoisotopic (exact) mass is 525 g/mol. The van der Waals surface area contributed by atoms with Crippen molar-refractivity contribution >= 4 is 69.5 Å². The first kappa shape index (κ1) is 22.8. The summed E-state index contributed by atoms with van der Waals surface area (Å²) < 4.78 is 0. The van der Waals surface area contributed by atoms with Gasteiger partial charge in [0, 0.05) is 50.9 Å². The molecule has 2 aromatic heterocycles. The van der Waals surface area contributed by atoms with Gasteiger partial charge in [-0.1, -0.05) is 58.5 Å². The van der Waals surface area contributed by atoms with Gasteiger partial charge in [-0.15, -0.1) is 0 Å². The number of carbonyl (C=O) groups is 1. The fraction of sp³-hybridized carbons (Fsp3) is 0. The lowest BCUT2D eigenvalue weighted by Crippen LogP contribution is -2.18. The molecule has 0 bridgehead atoms. The Labute approximate surface area is 214 Å². The standard InChI is InChI=1S/C26H15Cl4N3O/c27-15-4-1-5-16(28)23(15)25(19-8-3-11-31-19)20-9-10-21(33-20)26(22-12-14(34)13-32-22)24-17(29)6-2-7-18(24)30/h1-13,31,33H/b25-20+,26-21-. The maximum Gasteiger partial charge on any atom is 0.199 e. The van der Waals surface area contributed by atoms with E-state index in [9.17, 15) is 4.79 Å². The van der Waals surface area contributed by atoms with Crippen molar-refractivity contribution in [2.45, 2.75) is 0 Å². The molecule has 5 rings (SSSR count). The van der Waals surface area contributed by atoms with E-state index in [-0.39, 0.29) is 5.78 Å². The molecular weight excluding hydrogens is 512 g/mol. The molecule has 34 heavy (non-hydrogen) atoms. The maximum absolute atomic E-state index is 12.0. The average molecular weight is 527 g/mol. The Morgan fingerprint density at radius 2 is 1.26 bits per heavy atom. The molecule has 1 aliphatic heterocycles. The molecule has 0 spiro atoms. The van der Waals surface area contributed by atoms with Gasteiger partial charge in [0.2, 0.25) is 0 Å². The van der Waals surface area contributed by atoms with Crippen LogP contribution in [0.15, 0.2) is 83.6 Å². The molecule has 8 heteroatoms. The first-order chi connectivity index (χ1) is 16.4. The Morgan fingerprint density at radius 3 is 1.76 bits per heavy atom. The number of halogens is 4. The highest BCUT2D eigenvalue weighted by molar-refractivity contribution is 6.39. The number of carbonyl (C=O) groups excluding carboxylic acids is 1. The number of ketones is 1. The first-order valence-corrected chi connectivity index (χ1v) is 11.7. The summed E-state index contributed by atoms with van der Waals surface area (Å²) in [6.45, 7) is 0. The van der Waals surface area contributed by atoms with Crippen molar-refractivity contribution in [1.82, 2.24) is 9.97 Å². The Kier molecular flexibility index (Phi) is 6.24. The summed E-state index contributed by atoms with van der Waals surface area (Å²) in [6, 6.07) is 18.3. The summed E-state index contributed by atoms with van der Waals surface area (Å²) in [6.07, 6.45) is 4.55. The van der Waals surface area contributed by atoms with E-state index in [2.05, 4.69) is 15.0 Å². The van der Waals surface area contributed by atoms with Crippen molar-refractivity contribution < 1.29 is 4.79 Å². The summed E-state index contributed by atoms with van der Waals surface area (Å²) in [5.74, 6) is -0.205. The Balaban J connectivity index is 1.90. The highest BCUT2D eigenvalue weighted by Gasteiger charge is 2.21. The number of aromatic amines is 2. The average Bonchev–Trinajstić information content (AvgIpc) is 3.56. The van der Waals surface area contributed by atoms with Crippen LogP contribution >= 0.6 is 46.4 Å². The van der Waals surface area contributed by atoms with Gasteiger partial charge in [0.15, 0.2) is 5.78 Å². The second-order valence-corrected chi connectivity index (χ2v) is 9.13. The topological polar surface area (TPSA) is 61.0 Å². The highest BCUT2D eigenvalue weighted by atomic mass is 35.5. The second-order valence-electron chi connectivity index (χ2n) is 7.50. The Hall–Kier alpha value is -3.02. The number of H-pyrrole nitrogens is 2. The fourth-order valence-corrected chi connectivity index (χ4v) is 5.11. The van der Waals surface area contributed by atoms with Gasteiger partial charge in [0.05, 0.1) is 32.0 Å². The lowest BCUT2D eigenvalue weighted by atomic mass is 10.0. The molecule has 2 aromatic carbocycles. The summed E-state index contributed by atoms with van der Waals surface area (Å²) in [4.78, 5) is 22.9. The number of aliphatic imine (C=N–C) groups is 1. The third-order valence-electron chi connectivity index (χ3n) is 5.38. The van der Waals surface area contributed by atoms with Crippen LogP contribution in [0.5, 0.6) is 0 Å². The van der Waals surface area contributed by atoms with Crippen molar-refractivity contribution in [2.24, 2.45) is 4.99 Å². The molecular formula is C26H15Cl4N3O. The molecule has 0 amide bonds. The SMILES string of the molecule is O=C1C=NC(/C(c2c(Cl)cccc2Cl)=c2\cc/c(=C(/c3ccc[nH]3)c3c(Cl)cccc3Cl)[nH]2)=C1. The number of rotatable bonds is 4. The van der Waals surface area contributed by atoms with E-state index in [0.717, 1.165) is 16.6 Å². The molecule has 0 atom stereocenters. The number of nitrogens with one attached hydrogen (secondary N) is 2. The van der Waals surface area contributed by atoms with Crippen LogP contribution in [0.3, 0.4) is 0 Å². The largest absolute Gasteiger partial charge is 0.361 e. The van der Waals surface area contributed by atoms with Gasteiger partial charge in [-0.05, 0) is 48.5 Å². The van der Waals surface area contributed by atoms with E-state index in [4.69, 9.17) is 46.4 Å². The zero-order valence-electron chi connectivity index (χ0n) is 17.4. The van der Waals surface area contributed by atoms with E-state index in [1.165, 1.54) is 12.3 Å². The maximum atomic E-state index is 12.0. The number of benzene rings is 2. The smallest absolute Gasteiger partial charge is 0.199 e. The molecule has 2 N–H and O–H groups in total. The molecule has 3 heterocycles. The van der Waals surface area contributed by atoms with Gasteiger partial charge in [0.25, 0.3) is 0 Å². The number of nitrogens with zero attached hydrogens (tertiary/aromatic N) is 1. The van der Waals surface area contributed by atoms with Crippen LogP contribution < -0.4 is 10.7 Å². The number of allylic oxidation sites excluding steroid dienone is 2. The van der Waals surface area contributed by atoms with Crippen molar-refractivity contribution in [2.75, 3.05) is 0 Å². The third kappa shape index (κ3) is 4.15. The molecule has 1 aliphatic rings. The summed E-state index contributed by atoms with van der Waals surface area (Å²) in [7, 11) is 0. The minimum absolute atomic E-state index is 0.205. The van der Waals surface area contributed by atoms with Crippen LogP contribution in [0.2, 0.25) is 20.1 Å². The Bertz CT molecular complexity index is 1570. The number of hydrogen-bond donors (Lipinski definition) is 2. The predicted octanol–water partition coefficient (Wildman–Crippen LogP) is 5.94.